The molecule has 8 rings (SSSR count). The molecule has 3 aliphatic heterocycles. The lowest BCUT2D eigenvalue weighted by molar-refractivity contribution is -0.155. The summed E-state index contributed by atoms with van der Waals surface area (Å²) >= 11 is 0. The van der Waals surface area contributed by atoms with Crippen LogP contribution in [0.2, 0.25) is 0 Å². The van der Waals surface area contributed by atoms with Crippen molar-refractivity contribution in [2.75, 3.05) is 26.7 Å². The molecule has 3 heterocycles. The van der Waals surface area contributed by atoms with Crippen molar-refractivity contribution in [3.63, 3.8) is 0 Å². The van der Waals surface area contributed by atoms with Gasteiger partial charge in [-0.25, -0.2) is 9.59 Å². The normalized spacial score (nSPS) is 29.5. The van der Waals surface area contributed by atoms with E-state index in [1.807, 2.05) is 24.2 Å². The second kappa shape index (κ2) is 25.6. The first kappa shape index (κ1) is 59.8. The number of carbonyl (C=O) groups excluding carboxylic acids is 6. The van der Waals surface area contributed by atoms with Gasteiger partial charge in [0.25, 0.3) is 5.91 Å². The Kier molecular flexibility index (Phi) is 19.4. The molecule has 0 bridgehead atoms. The van der Waals surface area contributed by atoms with Gasteiger partial charge in [0.15, 0.2) is 0 Å². The van der Waals surface area contributed by atoms with Gasteiger partial charge in [0.1, 0.15) is 41.6 Å². The number of esters is 1. The molecule has 3 saturated carbocycles. The number of likely N-dealkylation sites (tertiary alicyclic amines) is 2. The third-order valence-corrected chi connectivity index (χ3v) is 19.7. The maximum Gasteiger partial charge on any atom is 0.407 e. The molecule has 0 radical (unpaired) electrons. The summed E-state index contributed by atoms with van der Waals surface area (Å²) in [5, 5.41) is 18.9. The number of aromatic hydroxyl groups is 1. The predicted molar refractivity (Wildman–Crippen MR) is 306 cm³/mol. The van der Waals surface area contributed by atoms with Gasteiger partial charge in [-0.3, -0.25) is 19.2 Å². The zero-order chi connectivity index (χ0) is 56.8. The number of carbonyl (C=O) groups is 6. The van der Waals surface area contributed by atoms with E-state index in [9.17, 15) is 33.9 Å². The highest BCUT2D eigenvalue weighted by molar-refractivity contribution is 5.99. The minimum Gasteiger partial charge on any atom is -0.508 e. The topological polar surface area (TPSA) is 187 Å². The Bertz CT molecular complexity index is 2450. The monoisotopic (exact) mass is 1090 g/mol. The number of ether oxygens (including phenoxy) is 2. The zero-order valence-electron chi connectivity index (χ0n) is 49.3. The van der Waals surface area contributed by atoms with Gasteiger partial charge in [-0.1, -0.05) is 83.7 Å². The van der Waals surface area contributed by atoms with E-state index in [1.54, 1.807) is 48.9 Å². The molecule has 436 valence electrons. The summed E-state index contributed by atoms with van der Waals surface area (Å²) in [6, 6.07) is 2.61. The quantitative estimate of drug-likeness (QED) is 0.0556. The minimum atomic E-state index is -1.16. The van der Waals surface area contributed by atoms with Crippen molar-refractivity contribution in [3.8, 4) is 5.75 Å². The summed E-state index contributed by atoms with van der Waals surface area (Å²) in [7, 11) is 1.86. The van der Waals surface area contributed by atoms with Crippen LogP contribution in [0.5, 0.6) is 5.75 Å². The molecule has 1 aromatic rings. The number of hydrogen-bond acceptors (Lipinski definition) is 10. The SMILES string of the molecule is CC(C)CCC[C@@H](C)[C@H]1CC[C@H]2[C@@H]3CC=C4CC(OC(=O)[C@H](CCCCNC(=O)OC(C)(C)C)NC(=O)[C@H](Cc5ccc(O)cc5)NC(=O)[C@@H]5CCCN5C(=O)[C@@H]5CCCN5C(=O)C5=CN(C)C=CC5)CC[C@]4(C)[C@H]3CC[C@]12C. The van der Waals surface area contributed by atoms with Crippen LogP contribution in [-0.2, 0) is 39.9 Å². The third-order valence-electron chi connectivity index (χ3n) is 19.7. The summed E-state index contributed by atoms with van der Waals surface area (Å²) in [5.41, 5.74) is 2.46. The molecule has 0 aromatic heterocycles. The second-order valence-corrected chi connectivity index (χ2v) is 26.8. The van der Waals surface area contributed by atoms with E-state index < -0.39 is 53.6 Å². The Hall–Kier alpha value is -5.34. The Balaban J connectivity index is 0.950. The smallest absolute Gasteiger partial charge is 0.407 e. The fraction of sp³-hybridized carbons (Fsp3) is 0.719. The minimum absolute atomic E-state index is 0.0402. The highest BCUT2D eigenvalue weighted by Crippen LogP contribution is 2.67. The van der Waals surface area contributed by atoms with Crippen LogP contribution in [0.3, 0.4) is 0 Å². The van der Waals surface area contributed by atoms with Gasteiger partial charge >= 0.3 is 12.1 Å². The largest absolute Gasteiger partial charge is 0.508 e. The number of nitrogens with zero attached hydrogens (tertiary/aromatic N) is 3. The molecule has 1 aromatic carbocycles. The molecule has 5 fully saturated rings. The van der Waals surface area contributed by atoms with Crippen molar-refractivity contribution in [3.05, 3.63) is 65.5 Å². The number of allylic oxidation sites excluding steroid dienone is 2. The summed E-state index contributed by atoms with van der Waals surface area (Å²) < 4.78 is 11.9. The lowest BCUT2D eigenvalue weighted by atomic mass is 9.47. The molecular formula is C64H96N6O9. The fourth-order valence-electron chi connectivity index (χ4n) is 15.6. The predicted octanol–water partition coefficient (Wildman–Crippen LogP) is 10.3. The van der Waals surface area contributed by atoms with Gasteiger partial charge < -0.3 is 45.2 Å². The number of hydrogen-bond donors (Lipinski definition) is 4. The summed E-state index contributed by atoms with van der Waals surface area (Å²) in [6.07, 6.45) is 23.6. The van der Waals surface area contributed by atoms with Gasteiger partial charge in [-0.05, 0) is 187 Å². The Morgan fingerprint density at radius 2 is 1.54 bits per heavy atom. The molecule has 1 unspecified atom stereocenters. The second-order valence-electron chi connectivity index (χ2n) is 26.8. The molecule has 7 aliphatic rings. The van der Waals surface area contributed by atoms with Crippen molar-refractivity contribution in [2.45, 2.75) is 220 Å². The molecule has 4 aliphatic carbocycles. The van der Waals surface area contributed by atoms with Gasteiger partial charge in [-0.15, -0.1) is 0 Å². The Morgan fingerprint density at radius 3 is 2.27 bits per heavy atom. The van der Waals surface area contributed by atoms with Crippen LogP contribution in [0.1, 0.15) is 183 Å². The molecule has 5 amide bonds. The first-order valence-corrected chi connectivity index (χ1v) is 30.5. The highest BCUT2D eigenvalue weighted by atomic mass is 16.6. The maximum absolute atomic E-state index is 14.8. The number of phenols is 1. The molecule has 12 atom stereocenters. The summed E-state index contributed by atoms with van der Waals surface area (Å²) in [4.78, 5) is 89.6. The van der Waals surface area contributed by atoms with E-state index in [0.717, 1.165) is 42.9 Å². The first-order valence-electron chi connectivity index (χ1n) is 30.5. The molecule has 2 saturated heterocycles. The van der Waals surface area contributed by atoms with Crippen LogP contribution in [0.25, 0.3) is 0 Å². The van der Waals surface area contributed by atoms with Crippen molar-refractivity contribution in [2.24, 2.45) is 46.3 Å². The molecule has 79 heavy (non-hydrogen) atoms. The Labute approximate surface area is 471 Å². The fourth-order valence-corrected chi connectivity index (χ4v) is 15.6. The number of benzene rings is 1. The van der Waals surface area contributed by atoms with Crippen molar-refractivity contribution < 1.29 is 43.3 Å². The van der Waals surface area contributed by atoms with E-state index >= 15 is 0 Å². The van der Waals surface area contributed by atoms with Crippen LogP contribution in [0.15, 0.2) is 60.0 Å². The van der Waals surface area contributed by atoms with Gasteiger partial charge in [-0.2, -0.15) is 0 Å². The third kappa shape index (κ3) is 14.2. The summed E-state index contributed by atoms with van der Waals surface area (Å²) in [6.45, 7) is 18.8. The van der Waals surface area contributed by atoms with Crippen LogP contribution in [0, 0.1) is 46.3 Å². The molecule has 4 N–H and O–H groups in total. The average Bonchev–Trinajstić information content (AvgIpc) is 4.36. The molecule has 15 heteroatoms. The Morgan fingerprint density at radius 1 is 0.810 bits per heavy atom. The number of amides is 5. The van der Waals surface area contributed by atoms with Gasteiger partial charge in [0.05, 0.1) is 0 Å². The van der Waals surface area contributed by atoms with Crippen LogP contribution < -0.4 is 16.0 Å². The van der Waals surface area contributed by atoms with Crippen molar-refractivity contribution in [1.82, 2.24) is 30.7 Å². The number of nitrogens with one attached hydrogen (secondary N) is 3. The maximum atomic E-state index is 14.8. The van der Waals surface area contributed by atoms with Gasteiger partial charge in [0, 0.05) is 51.3 Å². The number of phenolic OH excluding ortho intramolecular Hbond substituents is 1. The van der Waals surface area contributed by atoms with Crippen LogP contribution in [-0.4, -0.2) is 118 Å². The first-order chi connectivity index (χ1) is 37.5. The lowest BCUT2D eigenvalue weighted by Crippen LogP contribution is -2.57. The van der Waals surface area contributed by atoms with E-state index in [-0.39, 0.29) is 41.9 Å². The molecule has 0 spiro atoms. The van der Waals surface area contributed by atoms with Crippen molar-refractivity contribution >= 4 is 35.7 Å². The summed E-state index contributed by atoms with van der Waals surface area (Å²) in [5.74, 6) is 2.30. The van der Waals surface area contributed by atoms with Gasteiger partial charge in [0.2, 0.25) is 17.7 Å². The molecular weight excluding hydrogens is 997 g/mol. The number of unbranched alkanes of at least 4 members (excludes halogenated alkanes) is 1. The number of rotatable bonds is 20. The standard InChI is InChI=1S/C64H96N6O9/c1-41(2)16-12-17-42(3)49-28-29-50-48-27-24-45-39-47(30-32-63(45,7)51(48)31-33-64(49,50)8)78-60(76)52(19-10-11-34-65-61(77)79-62(4,5)6)66-56(72)53(38-43-22-25-46(71)26-23-43)67-57(73)54-20-14-36-69(54)59(75)55-21-15-37-70(55)58(74)44-18-13-35-68(9)40-44/h13,22-26,35,40-42,47-55,71H,10-12,14-21,27-34,36-39H2,1-9H3,(H,65,77)(H,66,72)(H,67,73)/t42-,47?,48+,49-,50+,51+,52+,53+,54+,55+,63+,64-/m1/s1. The zero-order valence-corrected chi connectivity index (χ0v) is 49.3. The van der Waals surface area contributed by atoms with Crippen LogP contribution in [0.4, 0.5) is 4.79 Å². The lowest BCUT2D eigenvalue weighted by Gasteiger charge is -2.58. The average molecular weight is 1090 g/mol. The van der Waals surface area contributed by atoms with Crippen LogP contribution >= 0.6 is 0 Å². The van der Waals surface area contributed by atoms with E-state index in [2.05, 4.69) is 56.6 Å². The number of alkyl carbamates (subject to hydrolysis) is 1. The van der Waals surface area contributed by atoms with E-state index in [1.165, 1.54) is 62.7 Å². The highest BCUT2D eigenvalue weighted by Gasteiger charge is 2.59. The van der Waals surface area contributed by atoms with Crippen molar-refractivity contribution in [1.29, 1.82) is 0 Å². The van der Waals surface area contributed by atoms with E-state index in [4.69, 9.17) is 9.47 Å². The molecule has 15 nitrogen and oxygen atoms in total. The number of fused-ring (bicyclic) bond motifs is 5. The van der Waals surface area contributed by atoms with E-state index in [0.29, 0.717) is 99.4 Å².